The van der Waals surface area contributed by atoms with Crippen molar-refractivity contribution < 1.29 is 17.9 Å². The minimum absolute atomic E-state index is 0.0411. The minimum atomic E-state index is -2.96. The van der Waals surface area contributed by atoms with E-state index < -0.39 is 23.8 Å². The molecular formula is C26H23F3N8O2. The van der Waals surface area contributed by atoms with Crippen molar-refractivity contribution in [3.8, 4) is 17.2 Å². The number of benzene rings is 1. The summed E-state index contributed by atoms with van der Waals surface area (Å²) in [6.07, 6.45) is 1.39. The lowest BCUT2D eigenvalue weighted by Crippen LogP contribution is -2.49. The van der Waals surface area contributed by atoms with E-state index in [1.807, 2.05) is 11.1 Å². The smallest absolute Gasteiger partial charge is 0.279 e. The Balaban J connectivity index is 1.70. The van der Waals surface area contributed by atoms with Crippen LogP contribution in [0.5, 0.6) is 0 Å². The van der Waals surface area contributed by atoms with E-state index in [4.69, 9.17) is 10.00 Å². The Bertz CT molecular complexity index is 1630. The molecule has 4 aromatic rings. The molecule has 0 aliphatic carbocycles. The summed E-state index contributed by atoms with van der Waals surface area (Å²) < 4.78 is 48.4. The summed E-state index contributed by atoms with van der Waals surface area (Å²) in [5.74, 6) is -0.450. The average Bonchev–Trinajstić information content (AvgIpc) is 2.93. The van der Waals surface area contributed by atoms with Crippen molar-refractivity contribution in [3.63, 3.8) is 0 Å². The normalized spacial score (nSPS) is 14.4. The maximum Gasteiger partial charge on any atom is 0.279 e. The summed E-state index contributed by atoms with van der Waals surface area (Å²) in [4.78, 5) is 30.9. The Kier molecular flexibility index (Phi) is 7.12. The summed E-state index contributed by atoms with van der Waals surface area (Å²) in [6, 6.07) is 4.95. The van der Waals surface area contributed by atoms with Gasteiger partial charge in [-0.3, -0.25) is 4.79 Å². The van der Waals surface area contributed by atoms with Crippen LogP contribution in [0, 0.1) is 24.1 Å². The Morgan fingerprint density at radius 2 is 1.82 bits per heavy atom. The molecule has 1 aliphatic heterocycles. The number of ether oxygens (including phenoxy) is 1. The van der Waals surface area contributed by atoms with Crippen LogP contribution in [0.3, 0.4) is 0 Å². The van der Waals surface area contributed by atoms with Gasteiger partial charge in [-0.05, 0) is 13.8 Å². The number of alkyl halides is 2. The van der Waals surface area contributed by atoms with Crippen molar-refractivity contribution in [1.82, 2.24) is 24.6 Å². The molecule has 13 heteroatoms. The van der Waals surface area contributed by atoms with Crippen molar-refractivity contribution >= 4 is 16.7 Å². The van der Waals surface area contributed by atoms with Gasteiger partial charge in [-0.25, -0.2) is 37.8 Å². The largest absolute Gasteiger partial charge is 0.378 e. The van der Waals surface area contributed by atoms with E-state index in [0.29, 0.717) is 48.6 Å². The summed E-state index contributed by atoms with van der Waals surface area (Å²) in [5.41, 5.74) is -0.198. The number of anilines is 1. The number of pyridine rings is 1. The van der Waals surface area contributed by atoms with Gasteiger partial charge in [0, 0.05) is 29.7 Å². The van der Waals surface area contributed by atoms with Gasteiger partial charge < -0.3 is 15.1 Å². The highest BCUT2D eigenvalue weighted by Crippen LogP contribution is 2.32. The molecule has 1 N–H and O–H groups in total. The highest BCUT2D eigenvalue weighted by Gasteiger charge is 2.24. The average molecular weight is 537 g/mol. The lowest BCUT2D eigenvalue weighted by Gasteiger charge is -2.31. The molecule has 1 aromatic carbocycles. The third-order valence-corrected chi connectivity index (χ3v) is 6.41. The number of aryl methyl sites for hydroxylation is 1. The first-order chi connectivity index (χ1) is 18.8. The van der Waals surface area contributed by atoms with Gasteiger partial charge in [0.05, 0.1) is 54.4 Å². The molecule has 3 aromatic heterocycles. The second-order valence-electron chi connectivity index (χ2n) is 8.93. The molecule has 4 heterocycles. The van der Waals surface area contributed by atoms with Crippen molar-refractivity contribution in [3.05, 3.63) is 75.7 Å². The fourth-order valence-electron chi connectivity index (χ4n) is 4.51. The van der Waals surface area contributed by atoms with E-state index in [2.05, 4.69) is 25.3 Å². The Morgan fingerprint density at radius 1 is 1.13 bits per heavy atom. The van der Waals surface area contributed by atoms with Crippen LogP contribution >= 0.6 is 0 Å². The quantitative estimate of drug-likeness (QED) is 0.394. The van der Waals surface area contributed by atoms with Crippen LogP contribution in [-0.2, 0) is 4.74 Å². The molecule has 10 nitrogen and oxygen atoms in total. The number of morpholine rings is 1. The van der Waals surface area contributed by atoms with Gasteiger partial charge >= 0.3 is 0 Å². The lowest BCUT2D eigenvalue weighted by atomic mass is 10.0. The molecule has 0 unspecified atom stereocenters. The van der Waals surface area contributed by atoms with Gasteiger partial charge in [0.2, 0.25) is 5.82 Å². The Hall–Kier alpha value is -4.57. The number of nitriles is 1. The molecular weight excluding hydrogens is 513 g/mol. The van der Waals surface area contributed by atoms with E-state index in [-0.39, 0.29) is 28.3 Å². The van der Waals surface area contributed by atoms with E-state index in [0.717, 1.165) is 6.07 Å². The van der Waals surface area contributed by atoms with Crippen molar-refractivity contribution in [2.24, 2.45) is 0 Å². The van der Waals surface area contributed by atoms with Gasteiger partial charge in [-0.1, -0.05) is 18.2 Å². The maximum absolute atomic E-state index is 14.9. The minimum Gasteiger partial charge on any atom is -0.378 e. The monoisotopic (exact) mass is 536 g/mol. The number of aromatic nitrogens is 5. The topological polar surface area (TPSA) is 122 Å². The number of rotatable bonds is 6. The standard InChI is InChI=1S/C26H23F3N8O2/c1-14(17-4-3-5-18(22(17)27)24(28)29)33-25-19-13-37(36-6-8-39-9-7-36)26(38)21(23(19)34-15(2)35-25)16-11-31-20(10-30)32-12-16/h3-5,11-14,24H,6-9H2,1-2H3,(H,33,34,35)/t14-/m1/s1. The lowest BCUT2D eigenvalue weighted by molar-refractivity contribution is 0.111. The zero-order chi connectivity index (χ0) is 27.7. The number of hydrogen-bond donors (Lipinski definition) is 1. The Morgan fingerprint density at radius 3 is 2.49 bits per heavy atom. The molecule has 0 amide bonds. The van der Waals surface area contributed by atoms with E-state index in [1.54, 1.807) is 20.0 Å². The van der Waals surface area contributed by atoms with Gasteiger partial charge in [0.1, 0.15) is 23.5 Å². The summed E-state index contributed by atoms with van der Waals surface area (Å²) in [7, 11) is 0. The van der Waals surface area contributed by atoms with Crippen molar-refractivity contribution in [2.75, 3.05) is 36.6 Å². The van der Waals surface area contributed by atoms with Crippen LogP contribution in [0.2, 0.25) is 0 Å². The molecule has 0 bridgehead atoms. The molecule has 0 spiro atoms. The van der Waals surface area contributed by atoms with Crippen LogP contribution < -0.4 is 15.9 Å². The molecule has 1 aliphatic rings. The van der Waals surface area contributed by atoms with Crippen LogP contribution in [-0.4, -0.2) is 50.9 Å². The van der Waals surface area contributed by atoms with Crippen LogP contribution in [0.25, 0.3) is 22.0 Å². The predicted molar refractivity (Wildman–Crippen MR) is 136 cm³/mol. The van der Waals surface area contributed by atoms with Crippen molar-refractivity contribution in [2.45, 2.75) is 26.3 Å². The zero-order valence-corrected chi connectivity index (χ0v) is 21.0. The fraction of sp³-hybridized carbons (Fsp3) is 0.308. The number of fused-ring (bicyclic) bond motifs is 1. The molecule has 1 atom stereocenters. The van der Waals surface area contributed by atoms with Crippen LogP contribution in [0.1, 0.15) is 42.2 Å². The van der Waals surface area contributed by atoms with Gasteiger partial charge in [0.15, 0.2) is 0 Å². The van der Waals surface area contributed by atoms with Gasteiger partial charge in [0.25, 0.3) is 12.0 Å². The molecule has 39 heavy (non-hydrogen) atoms. The van der Waals surface area contributed by atoms with E-state index in [1.165, 1.54) is 29.2 Å². The molecule has 1 saturated heterocycles. The number of hydrogen-bond acceptors (Lipinski definition) is 9. The van der Waals surface area contributed by atoms with Crippen molar-refractivity contribution in [1.29, 1.82) is 5.26 Å². The van der Waals surface area contributed by atoms with Gasteiger partial charge in [-0.2, -0.15) is 5.26 Å². The number of halogens is 3. The second-order valence-corrected chi connectivity index (χ2v) is 8.93. The first-order valence-corrected chi connectivity index (χ1v) is 12.1. The first-order valence-electron chi connectivity index (χ1n) is 12.1. The predicted octanol–water partition coefficient (Wildman–Crippen LogP) is 3.65. The summed E-state index contributed by atoms with van der Waals surface area (Å²) in [5, 5.41) is 14.5. The highest BCUT2D eigenvalue weighted by atomic mass is 19.3. The highest BCUT2D eigenvalue weighted by molar-refractivity contribution is 5.98. The fourth-order valence-corrected chi connectivity index (χ4v) is 4.51. The van der Waals surface area contributed by atoms with E-state index >= 15 is 0 Å². The first kappa shape index (κ1) is 26.1. The number of nitrogens with one attached hydrogen (secondary N) is 1. The maximum atomic E-state index is 14.9. The third kappa shape index (κ3) is 4.98. The summed E-state index contributed by atoms with van der Waals surface area (Å²) >= 11 is 0. The molecule has 0 saturated carbocycles. The van der Waals surface area contributed by atoms with Crippen LogP contribution in [0.15, 0.2) is 41.6 Å². The summed E-state index contributed by atoms with van der Waals surface area (Å²) in [6.45, 7) is 5.01. The zero-order valence-electron chi connectivity index (χ0n) is 21.0. The van der Waals surface area contributed by atoms with E-state index in [9.17, 15) is 18.0 Å². The molecule has 200 valence electrons. The molecule has 1 fully saturated rings. The Labute approximate surface area is 220 Å². The number of nitrogens with zero attached hydrogens (tertiary/aromatic N) is 7. The van der Waals surface area contributed by atoms with Crippen LogP contribution in [0.4, 0.5) is 19.0 Å². The molecule has 5 rings (SSSR count). The third-order valence-electron chi connectivity index (χ3n) is 6.41. The van der Waals surface area contributed by atoms with Gasteiger partial charge in [-0.15, -0.1) is 0 Å². The molecule has 0 radical (unpaired) electrons. The SMILES string of the molecule is Cc1nc(N[C@H](C)c2cccc(C(F)F)c2F)c2cn(N3CCOCC3)c(=O)c(-c3cnc(C#N)nc3)c2n1. The second kappa shape index (κ2) is 10.7.